The number of hydrogen-bond donors (Lipinski definition) is 2. The van der Waals surface area contributed by atoms with Crippen LogP contribution < -0.4 is 5.32 Å². The molecule has 0 bridgehead atoms. The van der Waals surface area contributed by atoms with Gasteiger partial charge in [0.05, 0.1) is 0 Å². The van der Waals surface area contributed by atoms with Crippen LogP contribution in [-0.2, 0) is 11.2 Å². The summed E-state index contributed by atoms with van der Waals surface area (Å²) < 4.78 is 0. The monoisotopic (exact) mass is 269 g/mol. The molecule has 1 rings (SSSR count). The van der Waals surface area contributed by atoms with E-state index in [0.29, 0.717) is 19.4 Å². The Hall–Kier alpha value is -1.06. The van der Waals surface area contributed by atoms with Crippen molar-refractivity contribution in [3.05, 3.63) is 34.3 Å². The summed E-state index contributed by atoms with van der Waals surface area (Å²) >= 11 is 6.02. The summed E-state index contributed by atoms with van der Waals surface area (Å²) in [7, 11) is 0. The third-order valence-corrected chi connectivity index (χ3v) is 3.24. The molecule has 0 saturated carbocycles. The number of aliphatic hydroxyl groups excluding tert-OH is 1. The maximum absolute atomic E-state index is 11.6. The van der Waals surface area contributed by atoms with Crippen molar-refractivity contribution >= 4 is 17.5 Å². The van der Waals surface area contributed by atoms with Gasteiger partial charge >= 0.3 is 0 Å². The normalized spacial score (nSPS) is 12.2. The first-order valence-corrected chi connectivity index (χ1v) is 6.53. The third kappa shape index (κ3) is 5.07. The molecule has 0 saturated heterocycles. The number of aliphatic hydroxyl groups is 1. The van der Waals surface area contributed by atoms with Crippen LogP contribution >= 0.6 is 11.6 Å². The van der Waals surface area contributed by atoms with Crippen LogP contribution in [0.4, 0.5) is 0 Å². The number of carbonyl (C=O) groups is 1. The topological polar surface area (TPSA) is 49.3 Å². The van der Waals surface area contributed by atoms with E-state index in [2.05, 4.69) is 5.32 Å². The number of aryl methyl sites for hydroxylation is 2. The Labute approximate surface area is 113 Å². The van der Waals surface area contributed by atoms with Crippen LogP contribution in [0.2, 0.25) is 5.02 Å². The van der Waals surface area contributed by atoms with Gasteiger partial charge < -0.3 is 10.4 Å². The summed E-state index contributed by atoms with van der Waals surface area (Å²) in [5, 5.41) is 12.4. The van der Waals surface area contributed by atoms with Crippen LogP contribution in [0, 0.1) is 12.8 Å². The Morgan fingerprint density at radius 2 is 2.22 bits per heavy atom. The number of carbonyl (C=O) groups excluding carboxylic acids is 1. The van der Waals surface area contributed by atoms with E-state index in [1.807, 2.05) is 32.0 Å². The summed E-state index contributed by atoms with van der Waals surface area (Å²) in [4.78, 5) is 11.6. The largest absolute Gasteiger partial charge is 0.396 e. The minimum absolute atomic E-state index is 0.00648. The van der Waals surface area contributed by atoms with Gasteiger partial charge in [-0.1, -0.05) is 30.7 Å². The van der Waals surface area contributed by atoms with Crippen molar-refractivity contribution < 1.29 is 9.90 Å². The van der Waals surface area contributed by atoms with Crippen LogP contribution in [0.5, 0.6) is 0 Å². The van der Waals surface area contributed by atoms with Crippen LogP contribution in [0.25, 0.3) is 0 Å². The predicted molar refractivity (Wildman–Crippen MR) is 73.8 cm³/mol. The molecule has 100 valence electrons. The highest BCUT2D eigenvalue weighted by atomic mass is 35.5. The van der Waals surface area contributed by atoms with Gasteiger partial charge in [0.15, 0.2) is 0 Å². The molecule has 0 fully saturated rings. The second-order valence-electron chi connectivity index (χ2n) is 4.68. The number of amides is 1. The standard InChI is InChI=1S/C14H20ClNO2/c1-10(9-17)8-16-14(18)6-5-12-4-3-11(2)13(15)7-12/h3-4,7,10,17H,5-6,8-9H2,1-2H3,(H,16,18). The van der Waals surface area contributed by atoms with Gasteiger partial charge in [0.1, 0.15) is 0 Å². The number of benzene rings is 1. The molecule has 0 heterocycles. The molecule has 1 aromatic rings. The van der Waals surface area contributed by atoms with Crippen LogP contribution in [0.1, 0.15) is 24.5 Å². The van der Waals surface area contributed by atoms with Crippen LogP contribution in [0.15, 0.2) is 18.2 Å². The molecule has 0 aliphatic heterocycles. The first kappa shape index (κ1) is 15.0. The van der Waals surface area contributed by atoms with E-state index in [9.17, 15) is 4.79 Å². The van der Waals surface area contributed by atoms with E-state index >= 15 is 0 Å². The third-order valence-electron chi connectivity index (χ3n) is 2.84. The zero-order chi connectivity index (χ0) is 13.5. The number of nitrogens with one attached hydrogen (secondary N) is 1. The quantitative estimate of drug-likeness (QED) is 0.833. The molecule has 1 aromatic carbocycles. The van der Waals surface area contributed by atoms with E-state index in [4.69, 9.17) is 16.7 Å². The Bertz CT molecular complexity index is 407. The van der Waals surface area contributed by atoms with Gasteiger partial charge in [0.25, 0.3) is 0 Å². The molecule has 0 aliphatic carbocycles. The highest BCUT2D eigenvalue weighted by Gasteiger charge is 2.05. The average Bonchev–Trinajstić information content (AvgIpc) is 2.37. The van der Waals surface area contributed by atoms with Crippen molar-refractivity contribution in [2.45, 2.75) is 26.7 Å². The molecule has 0 aromatic heterocycles. The first-order valence-electron chi connectivity index (χ1n) is 6.15. The maximum atomic E-state index is 11.6. The maximum Gasteiger partial charge on any atom is 0.220 e. The van der Waals surface area contributed by atoms with Crippen LogP contribution in [-0.4, -0.2) is 24.2 Å². The molecule has 0 radical (unpaired) electrons. The highest BCUT2D eigenvalue weighted by molar-refractivity contribution is 6.31. The van der Waals surface area contributed by atoms with Crippen molar-refractivity contribution in [3.8, 4) is 0 Å². The SMILES string of the molecule is Cc1ccc(CCC(=O)NCC(C)CO)cc1Cl. The summed E-state index contributed by atoms with van der Waals surface area (Å²) in [6.07, 6.45) is 1.12. The van der Waals surface area contributed by atoms with Crippen molar-refractivity contribution in [2.75, 3.05) is 13.2 Å². The zero-order valence-corrected chi connectivity index (χ0v) is 11.6. The molecular weight excluding hydrogens is 250 g/mol. The van der Waals surface area contributed by atoms with Gasteiger partial charge in [-0.25, -0.2) is 0 Å². The van der Waals surface area contributed by atoms with Gasteiger partial charge in [0, 0.05) is 24.6 Å². The van der Waals surface area contributed by atoms with Gasteiger partial charge in [-0.3, -0.25) is 4.79 Å². The van der Waals surface area contributed by atoms with Crippen molar-refractivity contribution in [1.82, 2.24) is 5.32 Å². The lowest BCUT2D eigenvalue weighted by Gasteiger charge is -2.09. The predicted octanol–water partition coefficient (Wildman–Crippen LogP) is 2.33. The molecule has 0 aliphatic rings. The lowest BCUT2D eigenvalue weighted by molar-refractivity contribution is -0.121. The second kappa shape index (κ2) is 7.39. The fourth-order valence-corrected chi connectivity index (χ4v) is 1.69. The molecular formula is C14H20ClNO2. The lowest BCUT2D eigenvalue weighted by Crippen LogP contribution is -2.29. The molecule has 1 atom stereocenters. The molecule has 0 spiro atoms. The number of hydrogen-bond acceptors (Lipinski definition) is 2. The van der Waals surface area contributed by atoms with Crippen molar-refractivity contribution in [1.29, 1.82) is 0 Å². The molecule has 1 unspecified atom stereocenters. The Balaban J connectivity index is 2.36. The number of rotatable bonds is 6. The second-order valence-corrected chi connectivity index (χ2v) is 5.08. The lowest BCUT2D eigenvalue weighted by atomic mass is 10.1. The number of halogens is 1. The van der Waals surface area contributed by atoms with Gasteiger partial charge in [-0.05, 0) is 36.5 Å². The summed E-state index contributed by atoms with van der Waals surface area (Å²) in [6.45, 7) is 4.45. The van der Waals surface area contributed by atoms with Crippen molar-refractivity contribution in [2.24, 2.45) is 5.92 Å². The Morgan fingerprint density at radius 1 is 1.50 bits per heavy atom. The van der Waals surface area contributed by atoms with Crippen LogP contribution in [0.3, 0.4) is 0 Å². The highest BCUT2D eigenvalue weighted by Crippen LogP contribution is 2.17. The fourth-order valence-electron chi connectivity index (χ4n) is 1.49. The Morgan fingerprint density at radius 3 is 2.83 bits per heavy atom. The molecule has 3 nitrogen and oxygen atoms in total. The van der Waals surface area contributed by atoms with Gasteiger partial charge in [-0.15, -0.1) is 0 Å². The summed E-state index contributed by atoms with van der Waals surface area (Å²) in [6, 6.07) is 5.86. The minimum Gasteiger partial charge on any atom is -0.396 e. The van der Waals surface area contributed by atoms with Gasteiger partial charge in [-0.2, -0.15) is 0 Å². The van der Waals surface area contributed by atoms with Crippen molar-refractivity contribution in [3.63, 3.8) is 0 Å². The van der Waals surface area contributed by atoms with E-state index in [1.165, 1.54) is 0 Å². The minimum atomic E-state index is 0.00648. The summed E-state index contributed by atoms with van der Waals surface area (Å²) in [5.74, 6) is 0.106. The van der Waals surface area contributed by atoms with Gasteiger partial charge in [0.2, 0.25) is 5.91 Å². The summed E-state index contributed by atoms with van der Waals surface area (Å²) in [5.41, 5.74) is 2.11. The van der Waals surface area contributed by atoms with E-state index in [0.717, 1.165) is 16.1 Å². The van der Waals surface area contributed by atoms with E-state index in [-0.39, 0.29) is 18.4 Å². The van der Waals surface area contributed by atoms with E-state index in [1.54, 1.807) is 0 Å². The first-order chi connectivity index (χ1) is 8.52. The van der Waals surface area contributed by atoms with E-state index < -0.39 is 0 Å². The molecule has 18 heavy (non-hydrogen) atoms. The smallest absolute Gasteiger partial charge is 0.220 e. The fraction of sp³-hybridized carbons (Fsp3) is 0.500. The molecule has 1 amide bonds. The average molecular weight is 270 g/mol. The Kier molecular flexibility index (Phi) is 6.16. The molecule has 2 N–H and O–H groups in total. The zero-order valence-electron chi connectivity index (χ0n) is 10.9. The molecule has 4 heteroatoms.